The highest BCUT2D eigenvalue weighted by Crippen LogP contribution is 2.32. The van der Waals surface area contributed by atoms with Crippen LogP contribution in [0.3, 0.4) is 0 Å². The van der Waals surface area contributed by atoms with Gasteiger partial charge in [0.1, 0.15) is 5.82 Å². The molecule has 1 saturated carbocycles. The first-order valence-electron chi connectivity index (χ1n) is 6.52. The number of piperazine rings is 1. The molecule has 92 valence electrons. The second-order valence-electron chi connectivity index (χ2n) is 5.21. The molecule has 2 atom stereocenters. The molecular weight excluding hydrogens is 215 g/mol. The molecule has 0 radical (unpaired) electrons. The lowest BCUT2D eigenvalue weighted by molar-refractivity contribution is 0.400. The Kier molecular flexibility index (Phi) is 2.79. The third-order valence-corrected chi connectivity index (χ3v) is 4.05. The molecule has 0 bridgehead atoms. The molecule has 17 heavy (non-hydrogen) atoms. The van der Waals surface area contributed by atoms with Crippen LogP contribution in [0.25, 0.3) is 0 Å². The molecule has 3 rings (SSSR count). The summed E-state index contributed by atoms with van der Waals surface area (Å²) in [5.74, 6) is -0.0717. The van der Waals surface area contributed by atoms with Gasteiger partial charge in [-0.25, -0.2) is 4.39 Å². The molecule has 1 aliphatic heterocycles. The maximum atomic E-state index is 14.0. The van der Waals surface area contributed by atoms with E-state index in [4.69, 9.17) is 0 Å². The predicted octanol–water partition coefficient (Wildman–Crippen LogP) is 2.46. The highest BCUT2D eigenvalue weighted by atomic mass is 19.1. The minimum Gasteiger partial charge on any atom is -0.363 e. The van der Waals surface area contributed by atoms with Gasteiger partial charge in [0.05, 0.1) is 5.69 Å². The van der Waals surface area contributed by atoms with E-state index in [1.807, 2.05) is 19.1 Å². The molecular formula is C14H19FN2. The minimum absolute atomic E-state index is 0.0717. The molecule has 2 nitrogen and oxygen atoms in total. The van der Waals surface area contributed by atoms with Crippen molar-refractivity contribution in [3.63, 3.8) is 0 Å². The maximum Gasteiger partial charge on any atom is 0.146 e. The van der Waals surface area contributed by atoms with E-state index in [1.54, 1.807) is 6.07 Å². The van der Waals surface area contributed by atoms with Crippen LogP contribution < -0.4 is 10.2 Å². The zero-order valence-electron chi connectivity index (χ0n) is 10.2. The first kappa shape index (κ1) is 11.0. The van der Waals surface area contributed by atoms with Crippen molar-refractivity contribution in [2.24, 2.45) is 0 Å². The van der Waals surface area contributed by atoms with Gasteiger partial charge >= 0.3 is 0 Å². The Hall–Kier alpha value is -1.09. The topological polar surface area (TPSA) is 15.3 Å². The lowest BCUT2D eigenvalue weighted by atomic mass is 10.1. The molecule has 0 unspecified atom stereocenters. The lowest BCUT2D eigenvalue weighted by Crippen LogP contribution is -2.55. The number of fused-ring (bicyclic) bond motifs is 1. The lowest BCUT2D eigenvalue weighted by Gasteiger charge is -2.40. The molecule has 0 spiro atoms. The highest BCUT2D eigenvalue weighted by Gasteiger charge is 2.35. The summed E-state index contributed by atoms with van der Waals surface area (Å²) in [7, 11) is 0. The predicted molar refractivity (Wildman–Crippen MR) is 67.9 cm³/mol. The van der Waals surface area contributed by atoms with Crippen molar-refractivity contribution in [2.45, 2.75) is 38.3 Å². The number of hydrogen-bond donors (Lipinski definition) is 1. The van der Waals surface area contributed by atoms with Crippen molar-refractivity contribution < 1.29 is 4.39 Å². The Labute approximate surface area is 102 Å². The molecule has 3 heteroatoms. The second kappa shape index (κ2) is 4.30. The zero-order valence-corrected chi connectivity index (χ0v) is 10.2. The molecule has 1 aromatic rings. The number of aryl methyl sites for hydroxylation is 1. The summed E-state index contributed by atoms with van der Waals surface area (Å²) in [5.41, 5.74) is 1.78. The van der Waals surface area contributed by atoms with Crippen LogP contribution >= 0.6 is 0 Å². The smallest absolute Gasteiger partial charge is 0.146 e. The Balaban J connectivity index is 1.91. The van der Waals surface area contributed by atoms with Crippen LogP contribution in [-0.2, 0) is 0 Å². The Bertz CT molecular complexity index is 419. The molecule has 0 amide bonds. The van der Waals surface area contributed by atoms with Gasteiger partial charge in [-0.3, -0.25) is 0 Å². The first-order chi connectivity index (χ1) is 8.25. The van der Waals surface area contributed by atoms with Gasteiger partial charge in [-0.1, -0.05) is 6.07 Å². The molecule has 1 aromatic carbocycles. The van der Waals surface area contributed by atoms with Gasteiger partial charge in [0.25, 0.3) is 0 Å². The quantitative estimate of drug-likeness (QED) is 0.803. The summed E-state index contributed by atoms with van der Waals surface area (Å²) < 4.78 is 14.0. The van der Waals surface area contributed by atoms with Crippen LogP contribution in [-0.4, -0.2) is 25.2 Å². The van der Waals surface area contributed by atoms with E-state index < -0.39 is 0 Å². The second-order valence-corrected chi connectivity index (χ2v) is 5.21. The molecule has 1 heterocycles. The summed E-state index contributed by atoms with van der Waals surface area (Å²) in [6.45, 7) is 3.82. The van der Waals surface area contributed by atoms with E-state index >= 15 is 0 Å². The van der Waals surface area contributed by atoms with Gasteiger partial charge < -0.3 is 10.2 Å². The summed E-state index contributed by atoms with van der Waals surface area (Å²) in [5, 5.41) is 3.55. The number of rotatable bonds is 1. The Morgan fingerprint density at radius 3 is 3.06 bits per heavy atom. The van der Waals surface area contributed by atoms with Gasteiger partial charge in [0.15, 0.2) is 0 Å². The van der Waals surface area contributed by atoms with Crippen LogP contribution in [0, 0.1) is 12.7 Å². The van der Waals surface area contributed by atoms with E-state index in [-0.39, 0.29) is 5.82 Å². The summed E-state index contributed by atoms with van der Waals surface area (Å²) in [6, 6.07) is 6.63. The molecule has 1 aliphatic carbocycles. The maximum absolute atomic E-state index is 14.0. The van der Waals surface area contributed by atoms with Gasteiger partial charge in [-0.15, -0.1) is 0 Å². The van der Waals surface area contributed by atoms with Crippen LogP contribution in [0.2, 0.25) is 0 Å². The summed E-state index contributed by atoms with van der Waals surface area (Å²) >= 11 is 0. The molecule has 0 aromatic heterocycles. The average molecular weight is 234 g/mol. The van der Waals surface area contributed by atoms with E-state index in [2.05, 4.69) is 10.2 Å². The zero-order chi connectivity index (χ0) is 11.8. The fourth-order valence-electron chi connectivity index (χ4n) is 3.23. The summed E-state index contributed by atoms with van der Waals surface area (Å²) in [6.07, 6.45) is 3.67. The fourth-order valence-corrected chi connectivity index (χ4v) is 3.23. The third-order valence-electron chi connectivity index (χ3n) is 4.05. The van der Waals surface area contributed by atoms with Crippen molar-refractivity contribution >= 4 is 5.69 Å². The molecule has 2 aliphatic rings. The normalized spacial score (nSPS) is 28.2. The molecule has 2 fully saturated rings. The molecule has 1 N–H and O–H groups in total. The summed E-state index contributed by atoms with van der Waals surface area (Å²) in [4.78, 5) is 2.27. The largest absolute Gasteiger partial charge is 0.363 e. The van der Waals surface area contributed by atoms with E-state index in [0.29, 0.717) is 12.1 Å². The Morgan fingerprint density at radius 2 is 2.24 bits per heavy atom. The first-order valence-corrected chi connectivity index (χ1v) is 6.52. The van der Waals surface area contributed by atoms with Gasteiger partial charge in [0, 0.05) is 25.2 Å². The van der Waals surface area contributed by atoms with Crippen molar-refractivity contribution in [2.75, 3.05) is 18.0 Å². The van der Waals surface area contributed by atoms with E-state index in [1.165, 1.54) is 19.3 Å². The monoisotopic (exact) mass is 234 g/mol. The average Bonchev–Trinajstić information content (AvgIpc) is 2.77. The van der Waals surface area contributed by atoms with E-state index in [0.717, 1.165) is 24.3 Å². The standard InChI is InChI=1S/C14H19FN2/c1-10-5-6-13(11(15)9-10)17-8-7-16-12-3-2-4-14(12)17/h5-6,9,12,14,16H,2-4,7-8H2,1H3/t12-,14-/m1/s1. The number of benzene rings is 1. The van der Waals surface area contributed by atoms with Gasteiger partial charge in [-0.2, -0.15) is 0 Å². The number of nitrogens with one attached hydrogen (secondary N) is 1. The van der Waals surface area contributed by atoms with Crippen LogP contribution in [0.5, 0.6) is 0 Å². The van der Waals surface area contributed by atoms with Crippen LogP contribution in [0.4, 0.5) is 10.1 Å². The number of hydrogen-bond acceptors (Lipinski definition) is 2. The SMILES string of the molecule is Cc1ccc(N2CCN[C@@H]3CCC[C@H]32)c(F)c1. The van der Waals surface area contributed by atoms with Crippen LogP contribution in [0.15, 0.2) is 18.2 Å². The minimum atomic E-state index is -0.0717. The number of nitrogens with zero attached hydrogens (tertiary/aromatic N) is 1. The van der Waals surface area contributed by atoms with E-state index in [9.17, 15) is 4.39 Å². The highest BCUT2D eigenvalue weighted by molar-refractivity contribution is 5.51. The molecule has 1 saturated heterocycles. The van der Waals surface area contributed by atoms with Gasteiger partial charge in [0.2, 0.25) is 0 Å². The van der Waals surface area contributed by atoms with Crippen molar-refractivity contribution in [1.29, 1.82) is 0 Å². The number of anilines is 1. The van der Waals surface area contributed by atoms with Crippen molar-refractivity contribution in [3.05, 3.63) is 29.6 Å². The van der Waals surface area contributed by atoms with Crippen molar-refractivity contribution in [1.82, 2.24) is 5.32 Å². The third kappa shape index (κ3) is 1.93. The Morgan fingerprint density at radius 1 is 1.35 bits per heavy atom. The van der Waals surface area contributed by atoms with Crippen LogP contribution in [0.1, 0.15) is 24.8 Å². The van der Waals surface area contributed by atoms with Gasteiger partial charge in [-0.05, 0) is 43.9 Å². The fraction of sp³-hybridized carbons (Fsp3) is 0.571. The number of halogens is 1. The van der Waals surface area contributed by atoms with Crippen molar-refractivity contribution in [3.8, 4) is 0 Å².